The molecule has 0 bridgehead atoms. The number of carbonyl (C=O) groups is 2. The number of aromatic hydroxyl groups is 1. The number of phenolic OH excluding ortho intramolecular Hbond substituents is 1. The monoisotopic (exact) mass is 534 g/mol. The number of aliphatic carboxylic acids is 1. The number of nitrogens with two attached hydrogens (primary N) is 1. The number of esters is 1. The van der Waals surface area contributed by atoms with E-state index in [4.69, 9.17) is 27.2 Å². The van der Waals surface area contributed by atoms with Crippen molar-refractivity contribution in [3.05, 3.63) is 77.3 Å². The Kier molecular flexibility index (Phi) is 11.2. The quantitative estimate of drug-likeness (QED) is 0.117. The van der Waals surface area contributed by atoms with Crippen molar-refractivity contribution >= 4 is 46.7 Å². The molecule has 3 rings (SSSR count). The maximum absolute atomic E-state index is 11.2. The van der Waals surface area contributed by atoms with E-state index in [2.05, 4.69) is 10.1 Å². The lowest BCUT2D eigenvalue weighted by Crippen LogP contribution is -2.26. The number of methoxy groups -OCH3 is 2. The van der Waals surface area contributed by atoms with E-state index in [1.165, 1.54) is 7.11 Å². The number of hydrogen-bond acceptors (Lipinski definition) is 9. The number of aliphatic hydroxyl groups is 1. The number of carbonyl (C=O) groups excluding carboxylic acids is 1. The van der Waals surface area contributed by atoms with Gasteiger partial charge in [-0.05, 0) is 60.2 Å². The molecule has 2 unspecified atom stereocenters. The van der Waals surface area contributed by atoms with Gasteiger partial charge in [0.2, 0.25) is 0 Å². The van der Waals surface area contributed by atoms with E-state index in [1.807, 2.05) is 0 Å². The van der Waals surface area contributed by atoms with Crippen LogP contribution in [-0.2, 0) is 14.3 Å². The number of ether oxygens (including phenoxy) is 2. The highest BCUT2D eigenvalue weighted by molar-refractivity contribution is 7.99. The number of rotatable bonds is 9. The van der Waals surface area contributed by atoms with Crippen LogP contribution in [-0.4, -0.2) is 54.1 Å². The van der Waals surface area contributed by atoms with Crippen LogP contribution in [0.5, 0.6) is 11.5 Å². The van der Waals surface area contributed by atoms with Crippen LogP contribution in [0.25, 0.3) is 0 Å². The molecule has 192 valence electrons. The first-order valence-corrected chi connectivity index (χ1v) is 11.8. The molecule has 0 saturated heterocycles. The van der Waals surface area contributed by atoms with E-state index in [0.717, 1.165) is 17.4 Å². The van der Waals surface area contributed by atoms with Crippen LogP contribution in [0.15, 0.2) is 71.6 Å². The summed E-state index contributed by atoms with van der Waals surface area (Å²) in [5.41, 5.74) is 7.79. The van der Waals surface area contributed by atoms with E-state index in [9.17, 15) is 19.8 Å². The summed E-state index contributed by atoms with van der Waals surface area (Å²) in [5, 5.41) is 30.8. The van der Waals surface area contributed by atoms with Crippen molar-refractivity contribution in [1.82, 2.24) is 0 Å². The number of carboxylic acid groups (broad SMARTS) is 1. The number of phenols is 1. The van der Waals surface area contributed by atoms with Crippen molar-refractivity contribution in [3.8, 4) is 11.5 Å². The van der Waals surface area contributed by atoms with Crippen molar-refractivity contribution in [3.63, 3.8) is 0 Å². The fourth-order valence-corrected chi connectivity index (χ4v) is 4.26. The molecule has 0 radical (unpaired) electrons. The second kappa shape index (κ2) is 14.1. The van der Waals surface area contributed by atoms with Crippen molar-refractivity contribution in [2.75, 3.05) is 31.8 Å². The normalized spacial score (nSPS) is 11.9. The van der Waals surface area contributed by atoms with Gasteiger partial charge < -0.3 is 35.8 Å². The molecule has 0 fully saturated rings. The highest BCUT2D eigenvalue weighted by atomic mass is 35.5. The zero-order valence-electron chi connectivity index (χ0n) is 19.6. The Labute approximate surface area is 217 Å². The summed E-state index contributed by atoms with van der Waals surface area (Å²) in [5.74, 6) is -0.791. The molecule has 3 aromatic rings. The van der Waals surface area contributed by atoms with Gasteiger partial charge in [0.15, 0.2) is 6.10 Å². The Morgan fingerprint density at radius 3 is 2.25 bits per heavy atom. The van der Waals surface area contributed by atoms with Crippen molar-refractivity contribution in [2.24, 2.45) is 0 Å². The first-order chi connectivity index (χ1) is 17.1. The van der Waals surface area contributed by atoms with E-state index < -0.39 is 17.3 Å². The van der Waals surface area contributed by atoms with E-state index in [1.54, 1.807) is 73.8 Å². The summed E-state index contributed by atoms with van der Waals surface area (Å²) in [6, 6.07) is 18.2. The third-order valence-electron chi connectivity index (χ3n) is 4.75. The van der Waals surface area contributed by atoms with Gasteiger partial charge in [0.25, 0.3) is 0 Å². The van der Waals surface area contributed by atoms with Crippen LogP contribution >= 0.6 is 23.4 Å². The molecule has 0 heterocycles. The Balaban J connectivity index is 0.000000297. The average Bonchev–Trinajstić information content (AvgIpc) is 2.88. The fraction of sp³-hybridized carbons (Fsp3) is 0.200. The number of carboxylic acids is 1. The van der Waals surface area contributed by atoms with E-state index >= 15 is 0 Å². The van der Waals surface area contributed by atoms with Crippen LogP contribution in [0.1, 0.15) is 10.8 Å². The Hall–Kier alpha value is -3.60. The lowest BCUT2D eigenvalue weighted by molar-refractivity contribution is -0.146. The van der Waals surface area contributed by atoms with Gasteiger partial charge in [-0.3, -0.25) is 4.79 Å². The molecule has 3 aromatic carbocycles. The lowest BCUT2D eigenvalue weighted by atomic mass is 10.1. The van der Waals surface area contributed by atoms with Crippen molar-refractivity contribution < 1.29 is 34.4 Å². The molecule has 0 aliphatic carbocycles. The second-order valence-electron chi connectivity index (χ2n) is 7.25. The maximum atomic E-state index is 11.2. The van der Waals surface area contributed by atoms with E-state index in [-0.39, 0.29) is 18.3 Å². The molecule has 0 aliphatic rings. The minimum absolute atomic E-state index is 0.126. The van der Waals surface area contributed by atoms with Gasteiger partial charge in [0.1, 0.15) is 18.0 Å². The summed E-state index contributed by atoms with van der Waals surface area (Å²) in [6.07, 6.45) is -1.59. The van der Waals surface area contributed by atoms with Gasteiger partial charge in [-0.25, -0.2) is 4.79 Å². The van der Waals surface area contributed by atoms with Crippen molar-refractivity contribution in [2.45, 2.75) is 16.2 Å². The van der Waals surface area contributed by atoms with Gasteiger partial charge in [-0.2, -0.15) is 0 Å². The summed E-state index contributed by atoms with van der Waals surface area (Å²) < 4.78 is 9.53. The Bertz CT molecular complexity index is 1140. The number of benzene rings is 3. The van der Waals surface area contributed by atoms with Gasteiger partial charge in [0, 0.05) is 21.3 Å². The van der Waals surface area contributed by atoms with Crippen LogP contribution < -0.4 is 15.8 Å². The highest BCUT2D eigenvalue weighted by Crippen LogP contribution is 2.41. The van der Waals surface area contributed by atoms with Crippen LogP contribution in [0.2, 0.25) is 5.02 Å². The number of nitrogen functional groups attached to an aromatic ring is 1. The van der Waals surface area contributed by atoms with Crippen molar-refractivity contribution in [1.29, 1.82) is 0 Å². The number of nitrogens with one attached hydrogen (secondary N) is 1. The van der Waals surface area contributed by atoms with Gasteiger partial charge in [-0.1, -0.05) is 23.7 Å². The summed E-state index contributed by atoms with van der Waals surface area (Å²) in [4.78, 5) is 22.6. The third-order valence-corrected chi connectivity index (χ3v) is 6.37. The Morgan fingerprint density at radius 1 is 1.06 bits per heavy atom. The third kappa shape index (κ3) is 8.88. The number of aliphatic hydroxyl groups excluding tert-OH is 1. The molecule has 0 saturated carbocycles. The summed E-state index contributed by atoms with van der Waals surface area (Å²) in [7, 11) is 2.88. The molecule has 0 aliphatic heterocycles. The number of halogens is 1. The fourth-order valence-electron chi connectivity index (χ4n) is 2.81. The van der Waals surface area contributed by atoms with E-state index in [0.29, 0.717) is 26.9 Å². The zero-order valence-corrected chi connectivity index (χ0v) is 21.1. The first kappa shape index (κ1) is 28.6. The molecule has 0 aromatic heterocycles. The number of hydrogen-bond donors (Lipinski definition) is 5. The average molecular weight is 535 g/mol. The number of anilines is 2. The topological polar surface area (TPSA) is 151 Å². The second-order valence-corrected chi connectivity index (χ2v) is 8.87. The SMILES string of the molecule is COC(=O)CNc1ccc(O)cc1.COc1ccc(C(Sc2cc(Cl)ccc2N)C(O)C(=O)O)cc1. The summed E-state index contributed by atoms with van der Waals surface area (Å²) in [6.45, 7) is 0.126. The molecule has 6 N–H and O–H groups in total. The molecular formula is C25H27ClN2O7S. The highest BCUT2D eigenvalue weighted by Gasteiger charge is 2.29. The minimum Gasteiger partial charge on any atom is -0.508 e. The van der Waals surface area contributed by atoms with Crippen LogP contribution in [0, 0.1) is 0 Å². The van der Waals surface area contributed by atoms with Gasteiger partial charge >= 0.3 is 11.9 Å². The minimum atomic E-state index is -1.59. The summed E-state index contributed by atoms with van der Waals surface area (Å²) >= 11 is 7.12. The van der Waals surface area contributed by atoms with Crippen LogP contribution in [0.3, 0.4) is 0 Å². The molecule has 36 heavy (non-hydrogen) atoms. The maximum Gasteiger partial charge on any atom is 0.334 e. The Morgan fingerprint density at radius 2 is 1.69 bits per heavy atom. The predicted molar refractivity (Wildman–Crippen MR) is 140 cm³/mol. The zero-order chi connectivity index (χ0) is 26.7. The van der Waals surface area contributed by atoms with Gasteiger partial charge in [-0.15, -0.1) is 11.8 Å². The van der Waals surface area contributed by atoms with Gasteiger partial charge in [0.05, 0.1) is 19.5 Å². The smallest absolute Gasteiger partial charge is 0.334 e. The molecular weight excluding hydrogens is 508 g/mol. The first-order valence-electron chi connectivity index (χ1n) is 10.5. The molecule has 0 amide bonds. The van der Waals surface area contributed by atoms with Crippen LogP contribution in [0.4, 0.5) is 11.4 Å². The molecule has 11 heteroatoms. The largest absolute Gasteiger partial charge is 0.508 e. The standard InChI is InChI=1S/C16H16ClNO4S.C9H11NO3/c1-22-11-5-2-9(3-6-11)15(14(19)16(20)21)23-13-8-10(17)4-7-12(13)18;1-13-9(12)6-10-7-2-4-8(11)5-3-7/h2-8,14-15,19H,18H2,1H3,(H,20,21);2-5,10-11H,6H2,1H3. The lowest BCUT2D eigenvalue weighted by Gasteiger charge is -2.21. The molecule has 0 spiro atoms. The predicted octanol–water partition coefficient (Wildman–Crippen LogP) is 4.19. The molecule has 9 nitrogen and oxygen atoms in total. The number of thioether (sulfide) groups is 1. The molecule has 2 atom stereocenters.